The van der Waals surface area contributed by atoms with Crippen LogP contribution in [0.3, 0.4) is 0 Å². The molecule has 0 saturated heterocycles. The second kappa shape index (κ2) is 5.48. The highest BCUT2D eigenvalue weighted by atomic mass is 16.3. The number of hydrogen-bond donors (Lipinski definition) is 5. The molecule has 1 aromatic carbocycles. The SMILES string of the molecule is CCC(CO)(CO)NC(=O)c1n[nH]c2ccc(N)cc12. The number of rotatable bonds is 5. The summed E-state index contributed by atoms with van der Waals surface area (Å²) in [7, 11) is 0. The number of aromatic nitrogens is 2. The van der Waals surface area contributed by atoms with E-state index in [-0.39, 0.29) is 18.9 Å². The highest BCUT2D eigenvalue weighted by Crippen LogP contribution is 2.20. The van der Waals surface area contributed by atoms with Gasteiger partial charge in [-0.05, 0) is 24.6 Å². The van der Waals surface area contributed by atoms with Crippen molar-refractivity contribution in [2.75, 3.05) is 18.9 Å². The molecule has 7 heteroatoms. The summed E-state index contributed by atoms with van der Waals surface area (Å²) in [4.78, 5) is 12.3. The third-order valence-electron chi connectivity index (χ3n) is 3.46. The van der Waals surface area contributed by atoms with Crippen molar-refractivity contribution in [3.8, 4) is 0 Å². The smallest absolute Gasteiger partial charge is 0.273 e. The molecular formula is C13H18N4O3. The summed E-state index contributed by atoms with van der Waals surface area (Å²) in [5.74, 6) is -0.466. The van der Waals surface area contributed by atoms with Crippen molar-refractivity contribution in [1.29, 1.82) is 0 Å². The fourth-order valence-electron chi connectivity index (χ4n) is 1.95. The summed E-state index contributed by atoms with van der Waals surface area (Å²) in [6, 6.07) is 5.10. The van der Waals surface area contributed by atoms with Crippen molar-refractivity contribution in [3.63, 3.8) is 0 Å². The lowest BCUT2D eigenvalue weighted by Crippen LogP contribution is -2.53. The number of benzene rings is 1. The monoisotopic (exact) mass is 278 g/mol. The number of nitrogens with zero attached hydrogens (tertiary/aromatic N) is 1. The van der Waals surface area contributed by atoms with Crippen LogP contribution in [0.4, 0.5) is 5.69 Å². The standard InChI is InChI=1S/C13H18N4O3/c1-2-13(6-18,7-19)15-12(20)11-9-5-8(14)3-4-10(9)16-17-11/h3-5,18-19H,2,6-7,14H2,1H3,(H,15,20)(H,16,17). The molecule has 1 aromatic heterocycles. The normalized spacial score (nSPS) is 11.8. The number of anilines is 1. The number of carbonyl (C=O) groups is 1. The Morgan fingerprint density at radius 2 is 2.15 bits per heavy atom. The first-order chi connectivity index (χ1) is 9.55. The van der Waals surface area contributed by atoms with Gasteiger partial charge in [-0.1, -0.05) is 6.92 Å². The lowest BCUT2D eigenvalue weighted by molar-refractivity contribution is 0.0650. The summed E-state index contributed by atoms with van der Waals surface area (Å²) in [6.45, 7) is 1.07. The van der Waals surface area contributed by atoms with Crippen molar-refractivity contribution in [1.82, 2.24) is 15.5 Å². The molecule has 108 valence electrons. The van der Waals surface area contributed by atoms with E-state index in [1.165, 1.54) is 0 Å². The summed E-state index contributed by atoms with van der Waals surface area (Å²) < 4.78 is 0. The number of amides is 1. The van der Waals surface area contributed by atoms with Gasteiger partial charge in [0.2, 0.25) is 0 Å². The van der Waals surface area contributed by atoms with Gasteiger partial charge in [-0.25, -0.2) is 0 Å². The molecule has 0 fully saturated rings. The largest absolute Gasteiger partial charge is 0.399 e. The number of carbonyl (C=O) groups excluding carboxylic acids is 1. The lowest BCUT2D eigenvalue weighted by atomic mass is 9.98. The van der Waals surface area contributed by atoms with Gasteiger partial charge < -0.3 is 21.3 Å². The Morgan fingerprint density at radius 3 is 2.75 bits per heavy atom. The minimum atomic E-state index is -1.05. The van der Waals surface area contributed by atoms with Crippen molar-refractivity contribution >= 4 is 22.5 Å². The van der Waals surface area contributed by atoms with E-state index in [0.29, 0.717) is 23.0 Å². The van der Waals surface area contributed by atoms with Crippen molar-refractivity contribution in [2.45, 2.75) is 18.9 Å². The molecule has 0 aliphatic heterocycles. The topological polar surface area (TPSA) is 124 Å². The third kappa shape index (κ3) is 2.45. The van der Waals surface area contributed by atoms with Crippen molar-refractivity contribution in [3.05, 3.63) is 23.9 Å². The van der Waals surface area contributed by atoms with Crippen LogP contribution in [0.25, 0.3) is 10.9 Å². The molecule has 0 radical (unpaired) electrons. The van der Waals surface area contributed by atoms with Gasteiger partial charge in [-0.2, -0.15) is 5.10 Å². The molecule has 0 aliphatic rings. The van der Waals surface area contributed by atoms with E-state index >= 15 is 0 Å². The van der Waals surface area contributed by atoms with Crippen LogP contribution in [0.15, 0.2) is 18.2 Å². The van der Waals surface area contributed by atoms with Crippen molar-refractivity contribution < 1.29 is 15.0 Å². The van der Waals surface area contributed by atoms with Crippen LogP contribution >= 0.6 is 0 Å². The number of aromatic amines is 1. The van der Waals surface area contributed by atoms with Crippen LogP contribution in [0, 0.1) is 0 Å². The molecule has 2 rings (SSSR count). The molecule has 0 aliphatic carbocycles. The Bertz CT molecular complexity index is 611. The molecule has 20 heavy (non-hydrogen) atoms. The minimum absolute atomic E-state index is 0.187. The minimum Gasteiger partial charge on any atom is -0.399 e. The Hall–Kier alpha value is -2.12. The maximum atomic E-state index is 12.3. The third-order valence-corrected chi connectivity index (χ3v) is 3.46. The van der Waals surface area contributed by atoms with Gasteiger partial charge in [0.05, 0.1) is 24.3 Å². The van der Waals surface area contributed by atoms with E-state index in [0.717, 1.165) is 0 Å². The molecule has 0 spiro atoms. The number of nitrogen functional groups attached to an aromatic ring is 1. The second-order valence-corrected chi connectivity index (χ2v) is 4.78. The molecule has 0 atom stereocenters. The molecule has 1 heterocycles. The van der Waals surface area contributed by atoms with E-state index in [2.05, 4.69) is 15.5 Å². The first-order valence-corrected chi connectivity index (χ1v) is 6.33. The van der Waals surface area contributed by atoms with Crippen LogP contribution in [-0.2, 0) is 0 Å². The summed E-state index contributed by atoms with van der Waals surface area (Å²) in [6.07, 6.45) is 0.399. The first-order valence-electron chi connectivity index (χ1n) is 6.33. The number of hydrogen-bond acceptors (Lipinski definition) is 5. The Labute approximate surface area is 115 Å². The zero-order chi connectivity index (χ0) is 14.8. The highest BCUT2D eigenvalue weighted by Gasteiger charge is 2.30. The molecule has 1 amide bonds. The predicted molar refractivity (Wildman–Crippen MR) is 75.2 cm³/mol. The fraction of sp³-hybridized carbons (Fsp3) is 0.385. The van der Waals surface area contributed by atoms with Crippen molar-refractivity contribution in [2.24, 2.45) is 0 Å². The molecule has 0 unspecified atom stereocenters. The van der Waals surface area contributed by atoms with E-state index in [1.807, 2.05) is 0 Å². The molecule has 0 bridgehead atoms. The zero-order valence-corrected chi connectivity index (χ0v) is 11.2. The number of nitrogens with one attached hydrogen (secondary N) is 2. The summed E-state index contributed by atoms with van der Waals surface area (Å²) in [5, 5.41) is 28.7. The van der Waals surface area contributed by atoms with Crippen LogP contribution in [0.5, 0.6) is 0 Å². The quantitative estimate of drug-likeness (QED) is 0.493. The van der Waals surface area contributed by atoms with Gasteiger partial charge in [-0.15, -0.1) is 0 Å². The van der Waals surface area contributed by atoms with Crippen LogP contribution in [0.2, 0.25) is 0 Å². The molecule has 6 N–H and O–H groups in total. The maximum absolute atomic E-state index is 12.3. The van der Waals surface area contributed by atoms with Gasteiger partial charge in [0.1, 0.15) is 0 Å². The summed E-state index contributed by atoms with van der Waals surface area (Å²) in [5.41, 5.74) is 6.06. The van der Waals surface area contributed by atoms with E-state index in [9.17, 15) is 15.0 Å². The average molecular weight is 278 g/mol. The highest BCUT2D eigenvalue weighted by molar-refractivity contribution is 6.05. The molecular weight excluding hydrogens is 260 g/mol. The van der Waals surface area contributed by atoms with Crippen LogP contribution in [-0.4, -0.2) is 45.1 Å². The van der Waals surface area contributed by atoms with E-state index in [1.54, 1.807) is 25.1 Å². The summed E-state index contributed by atoms with van der Waals surface area (Å²) >= 11 is 0. The molecule has 0 saturated carbocycles. The van der Waals surface area contributed by atoms with Crippen LogP contribution in [0.1, 0.15) is 23.8 Å². The van der Waals surface area contributed by atoms with E-state index < -0.39 is 11.4 Å². The second-order valence-electron chi connectivity index (χ2n) is 4.78. The predicted octanol–water partition coefficient (Wildman–Crippen LogP) is 0.00830. The van der Waals surface area contributed by atoms with Gasteiger partial charge in [-0.3, -0.25) is 9.89 Å². The lowest BCUT2D eigenvalue weighted by Gasteiger charge is -2.29. The van der Waals surface area contributed by atoms with Gasteiger partial charge >= 0.3 is 0 Å². The maximum Gasteiger partial charge on any atom is 0.273 e. The Balaban J connectivity index is 2.34. The van der Waals surface area contributed by atoms with Gasteiger partial charge in [0.15, 0.2) is 5.69 Å². The number of aliphatic hydroxyl groups excluding tert-OH is 2. The fourth-order valence-corrected chi connectivity index (χ4v) is 1.95. The number of H-pyrrole nitrogens is 1. The average Bonchev–Trinajstić information content (AvgIpc) is 2.88. The molecule has 7 nitrogen and oxygen atoms in total. The van der Waals surface area contributed by atoms with E-state index in [4.69, 9.17) is 5.73 Å². The van der Waals surface area contributed by atoms with Gasteiger partial charge in [0, 0.05) is 11.1 Å². The first kappa shape index (κ1) is 14.3. The number of fused-ring (bicyclic) bond motifs is 1. The Morgan fingerprint density at radius 1 is 1.45 bits per heavy atom. The number of nitrogens with two attached hydrogens (primary N) is 1. The van der Waals surface area contributed by atoms with Gasteiger partial charge in [0.25, 0.3) is 5.91 Å². The van der Waals surface area contributed by atoms with Crippen LogP contribution < -0.4 is 11.1 Å². The molecule has 2 aromatic rings. The Kier molecular flexibility index (Phi) is 3.91. The zero-order valence-electron chi connectivity index (χ0n) is 11.2. The number of aliphatic hydroxyl groups is 2.